The van der Waals surface area contributed by atoms with E-state index >= 15 is 0 Å². The Balaban J connectivity index is 1.62. The van der Waals surface area contributed by atoms with E-state index in [0.29, 0.717) is 20.7 Å². The summed E-state index contributed by atoms with van der Waals surface area (Å²) in [6.07, 6.45) is 0. The summed E-state index contributed by atoms with van der Waals surface area (Å²) in [5.41, 5.74) is 2.51. The van der Waals surface area contributed by atoms with E-state index in [9.17, 15) is 4.79 Å². The van der Waals surface area contributed by atoms with Crippen molar-refractivity contribution in [1.29, 1.82) is 0 Å². The molecule has 4 nitrogen and oxygen atoms in total. The Morgan fingerprint density at radius 3 is 2.80 bits per heavy atom. The van der Waals surface area contributed by atoms with Crippen molar-refractivity contribution in [3.8, 4) is 0 Å². The fraction of sp³-hybridized carbons (Fsp3) is 0.118. The third-order valence-electron chi connectivity index (χ3n) is 3.25. The second kappa shape index (κ2) is 8.19. The summed E-state index contributed by atoms with van der Waals surface area (Å²) in [7, 11) is 0. The van der Waals surface area contributed by atoms with Crippen LogP contribution in [0.5, 0.6) is 0 Å². The van der Waals surface area contributed by atoms with Crippen LogP contribution < -0.4 is 5.32 Å². The SMILES string of the molecule is Cc1ccc(C(=O)Nc2nnc(SCc3cccc(Cl)c3)s2)c(Cl)c1. The van der Waals surface area contributed by atoms with Gasteiger partial charge in [0.25, 0.3) is 5.91 Å². The van der Waals surface area contributed by atoms with Crippen molar-refractivity contribution in [3.63, 3.8) is 0 Å². The van der Waals surface area contributed by atoms with Gasteiger partial charge in [-0.05, 0) is 42.3 Å². The highest BCUT2D eigenvalue weighted by molar-refractivity contribution is 8.00. The predicted molar refractivity (Wildman–Crippen MR) is 105 cm³/mol. The van der Waals surface area contributed by atoms with Crippen molar-refractivity contribution in [2.24, 2.45) is 0 Å². The number of aromatic nitrogens is 2. The van der Waals surface area contributed by atoms with Gasteiger partial charge >= 0.3 is 0 Å². The summed E-state index contributed by atoms with van der Waals surface area (Å²) in [5.74, 6) is 0.431. The number of hydrogen-bond donors (Lipinski definition) is 1. The van der Waals surface area contributed by atoms with Gasteiger partial charge in [-0.1, -0.05) is 64.5 Å². The van der Waals surface area contributed by atoms with Crippen LogP contribution in [0.1, 0.15) is 21.5 Å². The molecule has 0 unspecified atom stereocenters. The quantitative estimate of drug-likeness (QED) is 0.433. The van der Waals surface area contributed by atoms with E-state index in [4.69, 9.17) is 23.2 Å². The van der Waals surface area contributed by atoms with Gasteiger partial charge in [0.05, 0.1) is 10.6 Å². The molecule has 0 fully saturated rings. The van der Waals surface area contributed by atoms with Gasteiger partial charge in [0.2, 0.25) is 5.13 Å². The van der Waals surface area contributed by atoms with Gasteiger partial charge in [-0.25, -0.2) is 0 Å². The Morgan fingerprint density at radius 2 is 2.04 bits per heavy atom. The van der Waals surface area contributed by atoms with Gasteiger partial charge in [-0.3, -0.25) is 10.1 Å². The molecule has 25 heavy (non-hydrogen) atoms. The second-order valence-electron chi connectivity index (χ2n) is 5.23. The van der Waals surface area contributed by atoms with E-state index in [0.717, 1.165) is 21.2 Å². The van der Waals surface area contributed by atoms with Crippen LogP contribution in [-0.2, 0) is 5.75 Å². The lowest BCUT2D eigenvalue weighted by atomic mass is 10.1. The molecule has 0 aliphatic heterocycles. The number of benzene rings is 2. The molecule has 0 aliphatic carbocycles. The number of nitrogens with zero attached hydrogens (tertiary/aromatic N) is 2. The van der Waals surface area contributed by atoms with E-state index in [1.165, 1.54) is 23.1 Å². The third-order valence-corrected chi connectivity index (χ3v) is 5.84. The minimum Gasteiger partial charge on any atom is -0.296 e. The fourth-order valence-corrected chi connectivity index (χ4v) is 4.28. The van der Waals surface area contributed by atoms with Crippen LogP contribution in [-0.4, -0.2) is 16.1 Å². The predicted octanol–water partition coefficient (Wildman–Crippen LogP) is 5.70. The Kier molecular flexibility index (Phi) is 5.96. The molecule has 0 saturated heterocycles. The zero-order valence-corrected chi connectivity index (χ0v) is 16.3. The van der Waals surface area contributed by atoms with E-state index in [1.807, 2.05) is 37.3 Å². The first-order valence-electron chi connectivity index (χ1n) is 7.29. The van der Waals surface area contributed by atoms with Crippen LogP contribution in [0.25, 0.3) is 0 Å². The average molecular weight is 410 g/mol. The minimum absolute atomic E-state index is 0.299. The van der Waals surface area contributed by atoms with Crippen LogP contribution in [0.2, 0.25) is 10.0 Å². The second-order valence-corrected chi connectivity index (χ2v) is 8.27. The van der Waals surface area contributed by atoms with Crippen molar-refractivity contribution in [1.82, 2.24) is 10.2 Å². The lowest BCUT2D eigenvalue weighted by molar-refractivity contribution is 0.102. The number of nitrogens with one attached hydrogen (secondary N) is 1. The van der Waals surface area contributed by atoms with Crippen LogP contribution in [0, 0.1) is 6.92 Å². The zero-order chi connectivity index (χ0) is 17.8. The van der Waals surface area contributed by atoms with Crippen molar-refractivity contribution >= 4 is 57.3 Å². The number of carbonyl (C=O) groups excluding carboxylic acids is 1. The molecule has 0 spiro atoms. The van der Waals surface area contributed by atoms with E-state index < -0.39 is 0 Å². The van der Waals surface area contributed by atoms with Gasteiger partial charge in [0.1, 0.15) is 0 Å². The lowest BCUT2D eigenvalue weighted by Gasteiger charge is -2.04. The standard InChI is InChI=1S/C17H13Cl2N3OS2/c1-10-5-6-13(14(19)7-10)15(23)20-16-21-22-17(25-16)24-9-11-3-2-4-12(18)8-11/h2-8H,9H2,1H3,(H,20,21,23). The van der Waals surface area contributed by atoms with Crippen LogP contribution in [0.4, 0.5) is 5.13 Å². The molecule has 3 aromatic rings. The Bertz CT molecular complexity index is 914. The highest BCUT2D eigenvalue weighted by Crippen LogP contribution is 2.29. The number of hydrogen-bond acceptors (Lipinski definition) is 5. The molecule has 0 atom stereocenters. The van der Waals surface area contributed by atoms with Gasteiger partial charge in [0.15, 0.2) is 4.34 Å². The molecule has 3 rings (SSSR count). The van der Waals surface area contributed by atoms with Crippen LogP contribution in [0.3, 0.4) is 0 Å². The van der Waals surface area contributed by atoms with E-state index in [-0.39, 0.29) is 5.91 Å². The number of thioether (sulfide) groups is 1. The maximum absolute atomic E-state index is 12.3. The summed E-state index contributed by atoms with van der Waals surface area (Å²) in [4.78, 5) is 12.3. The number of halogens is 2. The van der Waals surface area contributed by atoms with Gasteiger partial charge in [-0.15, -0.1) is 10.2 Å². The molecule has 0 saturated carbocycles. The van der Waals surface area contributed by atoms with Crippen molar-refractivity contribution in [2.45, 2.75) is 17.0 Å². The van der Waals surface area contributed by atoms with Crippen molar-refractivity contribution in [3.05, 3.63) is 69.2 Å². The first-order chi connectivity index (χ1) is 12.0. The van der Waals surface area contributed by atoms with Crippen LogP contribution >= 0.6 is 46.3 Å². The highest BCUT2D eigenvalue weighted by Gasteiger charge is 2.13. The topological polar surface area (TPSA) is 54.9 Å². The summed E-state index contributed by atoms with van der Waals surface area (Å²) < 4.78 is 0.769. The molecule has 128 valence electrons. The molecular formula is C17H13Cl2N3OS2. The first-order valence-corrected chi connectivity index (χ1v) is 9.85. The molecule has 1 aromatic heterocycles. The smallest absolute Gasteiger partial charge is 0.259 e. The number of carbonyl (C=O) groups is 1. The van der Waals surface area contributed by atoms with Crippen LogP contribution in [0.15, 0.2) is 46.8 Å². The summed E-state index contributed by atoms with van der Waals surface area (Å²) in [6.45, 7) is 1.92. The van der Waals surface area contributed by atoms with Gasteiger partial charge < -0.3 is 0 Å². The fourth-order valence-electron chi connectivity index (χ4n) is 2.06. The molecular weight excluding hydrogens is 397 g/mol. The van der Waals surface area contributed by atoms with Crippen molar-refractivity contribution < 1.29 is 4.79 Å². The third kappa shape index (κ3) is 4.95. The molecule has 0 radical (unpaired) electrons. The van der Waals surface area contributed by atoms with Gasteiger partial charge in [-0.2, -0.15) is 0 Å². The van der Waals surface area contributed by atoms with Crippen molar-refractivity contribution in [2.75, 3.05) is 5.32 Å². The Morgan fingerprint density at radius 1 is 1.20 bits per heavy atom. The summed E-state index contributed by atoms with van der Waals surface area (Å²) >= 11 is 15.0. The zero-order valence-electron chi connectivity index (χ0n) is 13.1. The normalized spacial score (nSPS) is 10.7. The number of anilines is 1. The Labute approximate surface area is 163 Å². The molecule has 1 amide bonds. The molecule has 0 aliphatic rings. The number of rotatable bonds is 5. The first kappa shape index (κ1) is 18.2. The molecule has 2 aromatic carbocycles. The largest absolute Gasteiger partial charge is 0.296 e. The molecule has 8 heteroatoms. The number of amides is 1. The average Bonchev–Trinajstić information content (AvgIpc) is 3.00. The molecule has 1 heterocycles. The summed E-state index contributed by atoms with van der Waals surface area (Å²) in [5, 5.41) is 12.4. The van der Waals surface area contributed by atoms with Gasteiger partial charge in [0, 0.05) is 10.8 Å². The van der Waals surface area contributed by atoms with E-state index in [1.54, 1.807) is 12.1 Å². The summed E-state index contributed by atoms with van der Waals surface area (Å²) in [6, 6.07) is 13.0. The molecule has 1 N–H and O–H groups in total. The molecule has 0 bridgehead atoms. The monoisotopic (exact) mass is 409 g/mol. The maximum atomic E-state index is 12.3. The number of aryl methyl sites for hydroxylation is 1. The lowest BCUT2D eigenvalue weighted by Crippen LogP contribution is -2.12. The van der Waals surface area contributed by atoms with E-state index in [2.05, 4.69) is 15.5 Å². The Hall–Kier alpha value is -1.60. The highest BCUT2D eigenvalue weighted by atomic mass is 35.5. The minimum atomic E-state index is -0.299. The maximum Gasteiger partial charge on any atom is 0.259 e.